The first-order valence-corrected chi connectivity index (χ1v) is 14.9. The molecular formula is C31H48N3S+. The smallest absolute Gasteiger partial charge is 0.204 e. The maximum absolute atomic E-state index is 5.03. The molecule has 0 N–H and O–H groups in total. The lowest BCUT2D eigenvalue weighted by Gasteiger charge is -2.14. The minimum atomic E-state index is 1.10. The van der Waals surface area contributed by atoms with Crippen molar-refractivity contribution in [2.75, 3.05) is 33.1 Å². The van der Waals surface area contributed by atoms with Crippen LogP contribution in [0.25, 0.3) is 20.8 Å². The molecule has 1 aromatic rings. The molecule has 0 amide bonds. The van der Waals surface area contributed by atoms with Gasteiger partial charge in [0.05, 0.1) is 20.8 Å². The first-order chi connectivity index (χ1) is 17.0. The number of aromatic nitrogens is 1. The molecule has 0 saturated carbocycles. The van der Waals surface area contributed by atoms with Crippen molar-refractivity contribution in [3.8, 4) is 10.6 Å². The van der Waals surface area contributed by atoms with Crippen molar-refractivity contribution in [3.05, 3.63) is 41.3 Å². The van der Waals surface area contributed by atoms with Gasteiger partial charge in [-0.2, -0.15) is 0 Å². The molecule has 1 aliphatic heterocycles. The van der Waals surface area contributed by atoms with Gasteiger partial charge in [-0.15, -0.1) is 11.3 Å². The molecule has 0 saturated heterocycles. The zero-order valence-electron chi connectivity index (χ0n) is 23.0. The van der Waals surface area contributed by atoms with Crippen LogP contribution in [-0.2, 0) is 6.42 Å². The van der Waals surface area contributed by atoms with Crippen LogP contribution in [0.1, 0.15) is 96.0 Å². The van der Waals surface area contributed by atoms with Crippen molar-refractivity contribution in [2.45, 2.75) is 96.8 Å². The number of rotatable bonds is 15. The van der Waals surface area contributed by atoms with Gasteiger partial charge in [-0.05, 0) is 37.1 Å². The van der Waals surface area contributed by atoms with E-state index < -0.39 is 0 Å². The molecular weight excluding hydrogens is 446 g/mol. The summed E-state index contributed by atoms with van der Waals surface area (Å²) in [5.41, 5.74) is 4.89. The Morgan fingerprint density at radius 2 is 1.37 bits per heavy atom. The summed E-state index contributed by atoms with van der Waals surface area (Å²) in [7, 11) is 8.51. The van der Waals surface area contributed by atoms with Crippen LogP contribution in [-0.4, -0.2) is 33.2 Å². The maximum atomic E-state index is 5.03. The molecule has 1 aliphatic carbocycles. The minimum Gasteiger partial charge on any atom is -0.378 e. The van der Waals surface area contributed by atoms with Gasteiger partial charge in [-0.3, -0.25) is 0 Å². The highest BCUT2D eigenvalue weighted by atomic mass is 32.1. The second kappa shape index (κ2) is 14.6. The number of fused-ring (bicyclic) bond motifs is 2. The van der Waals surface area contributed by atoms with E-state index in [0.717, 1.165) is 17.6 Å². The van der Waals surface area contributed by atoms with E-state index in [2.05, 4.69) is 74.9 Å². The van der Waals surface area contributed by atoms with Crippen LogP contribution in [0.5, 0.6) is 0 Å². The molecule has 0 fully saturated rings. The van der Waals surface area contributed by atoms with Gasteiger partial charge in [0.25, 0.3) is 0 Å². The molecule has 35 heavy (non-hydrogen) atoms. The molecule has 192 valence electrons. The van der Waals surface area contributed by atoms with Crippen molar-refractivity contribution in [1.82, 2.24) is 9.56 Å². The number of hydrogen-bond donors (Lipinski definition) is 0. The second-order valence-electron chi connectivity index (χ2n) is 10.6. The topological polar surface area (TPSA) is 19.1 Å². The number of aryl methyl sites for hydroxylation is 1. The van der Waals surface area contributed by atoms with Crippen LogP contribution >= 0.6 is 11.3 Å². The third-order valence-electron chi connectivity index (χ3n) is 7.11. The SMILES string of the molecule is CCCCCCCCCCCCCCCc1cc2nc3ccc(N(C)C)cc3sc-2cc1=[N+](C)C. The zero-order chi connectivity index (χ0) is 25.0. The Balaban J connectivity index is 1.50. The molecule has 0 aromatic heterocycles. The van der Waals surface area contributed by atoms with Gasteiger partial charge in [0.1, 0.15) is 14.1 Å². The van der Waals surface area contributed by atoms with Gasteiger partial charge in [0.2, 0.25) is 5.36 Å². The normalized spacial score (nSPS) is 11.5. The van der Waals surface area contributed by atoms with Crippen LogP contribution in [0.15, 0.2) is 30.3 Å². The number of nitrogens with zero attached hydrogens (tertiary/aromatic N) is 3. The molecule has 0 radical (unpaired) electrons. The fourth-order valence-corrected chi connectivity index (χ4v) is 5.94. The average molecular weight is 495 g/mol. The fraction of sp³-hybridized carbons (Fsp3) is 0.613. The summed E-state index contributed by atoms with van der Waals surface area (Å²) in [5.74, 6) is 0. The van der Waals surface area contributed by atoms with Gasteiger partial charge in [0, 0.05) is 31.4 Å². The summed E-state index contributed by atoms with van der Waals surface area (Å²) in [6.07, 6.45) is 19.4. The van der Waals surface area contributed by atoms with Gasteiger partial charge < -0.3 is 4.90 Å². The number of unbranched alkanes of at least 4 members (excludes halogenated alkanes) is 12. The van der Waals surface area contributed by atoms with Crippen LogP contribution in [0.3, 0.4) is 0 Å². The largest absolute Gasteiger partial charge is 0.378 e. The van der Waals surface area contributed by atoms with E-state index in [1.165, 1.54) is 110 Å². The monoisotopic (exact) mass is 494 g/mol. The van der Waals surface area contributed by atoms with E-state index in [4.69, 9.17) is 4.98 Å². The highest BCUT2D eigenvalue weighted by Gasteiger charge is 2.14. The lowest BCUT2D eigenvalue weighted by Crippen LogP contribution is -2.26. The van der Waals surface area contributed by atoms with Crippen LogP contribution < -0.4 is 14.8 Å². The van der Waals surface area contributed by atoms with E-state index in [1.807, 2.05) is 11.3 Å². The summed E-state index contributed by atoms with van der Waals surface area (Å²) in [4.78, 5) is 8.45. The number of hydrogen-bond acceptors (Lipinski definition) is 3. The number of anilines is 1. The van der Waals surface area contributed by atoms with E-state index in [-0.39, 0.29) is 0 Å². The van der Waals surface area contributed by atoms with E-state index in [1.54, 1.807) is 0 Å². The highest BCUT2D eigenvalue weighted by molar-refractivity contribution is 7.21. The molecule has 3 nitrogen and oxygen atoms in total. The van der Waals surface area contributed by atoms with Crippen molar-refractivity contribution in [1.29, 1.82) is 0 Å². The van der Waals surface area contributed by atoms with Gasteiger partial charge >= 0.3 is 0 Å². The fourth-order valence-electron chi connectivity index (χ4n) is 4.92. The van der Waals surface area contributed by atoms with Crippen LogP contribution in [0, 0.1) is 0 Å². The molecule has 0 unspecified atom stereocenters. The van der Waals surface area contributed by atoms with Crippen molar-refractivity contribution in [3.63, 3.8) is 0 Å². The second-order valence-corrected chi connectivity index (χ2v) is 11.7. The Labute approximate surface area is 218 Å². The summed E-state index contributed by atoms with van der Waals surface area (Å²) < 4.78 is 3.52. The quantitative estimate of drug-likeness (QED) is 0.121. The Hall–Kier alpha value is -1.94. The maximum Gasteiger partial charge on any atom is 0.204 e. The first kappa shape index (κ1) is 27.6. The minimum absolute atomic E-state index is 1.10. The Morgan fingerprint density at radius 1 is 0.771 bits per heavy atom. The van der Waals surface area contributed by atoms with E-state index >= 15 is 0 Å². The van der Waals surface area contributed by atoms with Gasteiger partial charge in [-0.1, -0.05) is 84.0 Å². The standard InChI is InChI=1S/C31H48N3S/c1-6-7-8-9-10-11-12-13-14-15-16-17-18-19-25-22-28-31(24-29(25)34(4)5)35-30-23-26(33(2)3)20-21-27(30)32-28/h20-24H,6-19H2,1-5H3/q+1. The molecule has 3 rings (SSSR count). The highest BCUT2D eigenvalue weighted by Crippen LogP contribution is 2.32. The molecule has 1 heterocycles. The predicted molar refractivity (Wildman–Crippen MR) is 157 cm³/mol. The first-order valence-electron chi connectivity index (χ1n) is 14.0. The Morgan fingerprint density at radius 3 is 1.94 bits per heavy atom. The van der Waals surface area contributed by atoms with E-state index in [0.29, 0.717) is 0 Å². The average Bonchev–Trinajstić information content (AvgIpc) is 2.84. The summed E-state index contributed by atoms with van der Waals surface area (Å²) >= 11 is 1.85. The molecule has 2 aliphatic rings. The Bertz CT molecular complexity index is 1080. The summed E-state index contributed by atoms with van der Waals surface area (Å²) in [6, 6.07) is 11.3. The Kier molecular flexibility index (Phi) is 11.5. The van der Waals surface area contributed by atoms with Crippen molar-refractivity contribution >= 4 is 27.2 Å². The van der Waals surface area contributed by atoms with Crippen molar-refractivity contribution < 1.29 is 0 Å². The predicted octanol–water partition coefficient (Wildman–Crippen LogP) is 8.13. The van der Waals surface area contributed by atoms with Gasteiger partial charge in [-0.25, -0.2) is 9.56 Å². The molecule has 0 spiro atoms. The molecule has 4 heteroatoms. The molecule has 1 aromatic carbocycles. The third kappa shape index (κ3) is 8.59. The van der Waals surface area contributed by atoms with E-state index in [9.17, 15) is 0 Å². The summed E-state index contributed by atoms with van der Waals surface area (Å²) in [5, 5.41) is 1.35. The molecule has 0 atom stereocenters. The summed E-state index contributed by atoms with van der Waals surface area (Å²) in [6.45, 7) is 2.29. The lowest BCUT2D eigenvalue weighted by molar-refractivity contribution is 0.539. The van der Waals surface area contributed by atoms with Crippen LogP contribution in [0.2, 0.25) is 0 Å². The van der Waals surface area contributed by atoms with Crippen LogP contribution in [0.4, 0.5) is 5.69 Å². The van der Waals surface area contributed by atoms with Gasteiger partial charge in [0.15, 0.2) is 0 Å². The van der Waals surface area contributed by atoms with Crippen molar-refractivity contribution in [2.24, 2.45) is 0 Å². The lowest BCUT2D eigenvalue weighted by atomic mass is 10.0. The third-order valence-corrected chi connectivity index (χ3v) is 8.21. The zero-order valence-corrected chi connectivity index (χ0v) is 23.9. The molecule has 0 bridgehead atoms. The number of benzene rings is 2.